The molecule has 0 fully saturated rings. The standard InChI is InChI=1S/C10H9BrF4N2O/c11-7-3-5(1-2-6(7)8(16)17)18-4-10(14,15)9(12)13/h1-3,9H,4H2,(H3,16,17). The number of benzene rings is 1. The molecule has 0 spiro atoms. The number of hydrogen-bond acceptors (Lipinski definition) is 2. The first kappa shape index (κ1) is 14.7. The number of halogens is 5. The van der Waals surface area contributed by atoms with Gasteiger partial charge in [0.05, 0.1) is 0 Å². The van der Waals surface area contributed by atoms with E-state index in [0.717, 1.165) is 0 Å². The molecule has 8 heteroatoms. The predicted molar refractivity (Wildman–Crippen MR) is 61.6 cm³/mol. The molecule has 0 aromatic heterocycles. The summed E-state index contributed by atoms with van der Waals surface area (Å²) in [6.45, 7) is -1.42. The van der Waals surface area contributed by atoms with Gasteiger partial charge in [0.15, 0.2) is 6.61 Å². The Kier molecular flexibility index (Phi) is 4.55. The van der Waals surface area contributed by atoms with Crippen LogP contribution in [0.2, 0.25) is 0 Å². The first-order chi connectivity index (χ1) is 8.24. The van der Waals surface area contributed by atoms with E-state index in [-0.39, 0.29) is 11.6 Å². The quantitative estimate of drug-likeness (QED) is 0.496. The Balaban J connectivity index is 2.76. The van der Waals surface area contributed by atoms with Crippen LogP contribution < -0.4 is 10.5 Å². The van der Waals surface area contributed by atoms with Gasteiger partial charge in [-0.05, 0) is 34.1 Å². The summed E-state index contributed by atoms with van der Waals surface area (Å²) in [4.78, 5) is 0. The smallest absolute Gasteiger partial charge is 0.340 e. The van der Waals surface area contributed by atoms with Crippen molar-refractivity contribution < 1.29 is 22.3 Å². The van der Waals surface area contributed by atoms with E-state index >= 15 is 0 Å². The van der Waals surface area contributed by atoms with E-state index in [1.165, 1.54) is 18.2 Å². The molecule has 0 aliphatic rings. The van der Waals surface area contributed by atoms with Gasteiger partial charge < -0.3 is 10.5 Å². The van der Waals surface area contributed by atoms with Crippen LogP contribution in [0.1, 0.15) is 5.56 Å². The van der Waals surface area contributed by atoms with Crippen molar-refractivity contribution in [3.05, 3.63) is 28.2 Å². The van der Waals surface area contributed by atoms with E-state index < -0.39 is 19.0 Å². The number of alkyl halides is 4. The van der Waals surface area contributed by atoms with E-state index in [2.05, 4.69) is 20.7 Å². The molecule has 0 atom stereocenters. The lowest BCUT2D eigenvalue weighted by Gasteiger charge is -2.16. The highest BCUT2D eigenvalue weighted by atomic mass is 79.9. The second-order valence-corrected chi connectivity index (χ2v) is 4.26. The number of nitrogens with two attached hydrogens (primary N) is 1. The second-order valence-electron chi connectivity index (χ2n) is 3.41. The summed E-state index contributed by atoms with van der Waals surface area (Å²) in [6, 6.07) is 3.91. The van der Waals surface area contributed by atoms with Crippen LogP contribution in [0.3, 0.4) is 0 Å². The molecule has 0 radical (unpaired) electrons. The molecule has 1 aromatic rings. The van der Waals surface area contributed by atoms with Crippen molar-refractivity contribution >= 4 is 21.8 Å². The molecule has 100 valence electrons. The number of nitrogens with one attached hydrogen (secondary N) is 1. The Hall–Kier alpha value is -1.31. The normalized spacial score (nSPS) is 11.7. The minimum Gasteiger partial charge on any atom is -0.487 e. The van der Waals surface area contributed by atoms with Gasteiger partial charge in [-0.25, -0.2) is 8.78 Å². The zero-order valence-corrected chi connectivity index (χ0v) is 10.5. The average Bonchev–Trinajstić information content (AvgIpc) is 2.25. The van der Waals surface area contributed by atoms with Crippen molar-refractivity contribution in [3.63, 3.8) is 0 Å². The van der Waals surface area contributed by atoms with E-state index in [4.69, 9.17) is 11.1 Å². The lowest BCUT2D eigenvalue weighted by molar-refractivity contribution is -0.148. The Morgan fingerprint density at radius 1 is 1.44 bits per heavy atom. The summed E-state index contributed by atoms with van der Waals surface area (Å²) in [5.74, 6) is -4.44. The Labute approximate surface area is 109 Å². The molecule has 0 bridgehead atoms. The van der Waals surface area contributed by atoms with Gasteiger partial charge in [0.1, 0.15) is 11.6 Å². The zero-order chi connectivity index (χ0) is 13.9. The van der Waals surface area contributed by atoms with Crippen molar-refractivity contribution in [2.75, 3.05) is 6.61 Å². The van der Waals surface area contributed by atoms with Gasteiger partial charge in [0.25, 0.3) is 0 Å². The van der Waals surface area contributed by atoms with Gasteiger partial charge in [-0.15, -0.1) is 0 Å². The molecular weight excluding hydrogens is 320 g/mol. The third kappa shape index (κ3) is 3.59. The highest BCUT2D eigenvalue weighted by Crippen LogP contribution is 2.27. The van der Waals surface area contributed by atoms with Crippen LogP contribution >= 0.6 is 15.9 Å². The van der Waals surface area contributed by atoms with Gasteiger partial charge in [0.2, 0.25) is 0 Å². The SMILES string of the molecule is N=C(N)c1ccc(OCC(F)(F)C(F)F)cc1Br. The molecule has 3 N–H and O–H groups in total. The fourth-order valence-corrected chi connectivity index (χ4v) is 1.62. The first-order valence-electron chi connectivity index (χ1n) is 4.67. The lowest BCUT2D eigenvalue weighted by Crippen LogP contribution is -2.33. The maximum atomic E-state index is 12.6. The van der Waals surface area contributed by atoms with E-state index in [0.29, 0.717) is 10.0 Å². The van der Waals surface area contributed by atoms with Crippen molar-refractivity contribution in [1.29, 1.82) is 5.41 Å². The average molecular weight is 329 g/mol. The molecule has 0 saturated carbocycles. The van der Waals surface area contributed by atoms with Crippen LogP contribution in [0.4, 0.5) is 17.6 Å². The van der Waals surface area contributed by atoms with E-state index in [1.54, 1.807) is 0 Å². The molecule has 0 unspecified atom stereocenters. The minimum absolute atomic E-state index is 0.0211. The molecule has 0 saturated heterocycles. The van der Waals surface area contributed by atoms with Crippen LogP contribution in [-0.2, 0) is 0 Å². The number of nitrogen functional groups attached to an aromatic ring is 1. The van der Waals surface area contributed by atoms with Crippen molar-refractivity contribution in [3.8, 4) is 5.75 Å². The number of amidine groups is 1. The topological polar surface area (TPSA) is 59.1 Å². The summed E-state index contributed by atoms with van der Waals surface area (Å²) in [7, 11) is 0. The van der Waals surface area contributed by atoms with Crippen LogP contribution in [-0.4, -0.2) is 24.8 Å². The highest BCUT2D eigenvalue weighted by molar-refractivity contribution is 9.10. The lowest BCUT2D eigenvalue weighted by atomic mass is 10.2. The van der Waals surface area contributed by atoms with E-state index in [1.807, 2.05) is 0 Å². The Morgan fingerprint density at radius 3 is 2.50 bits per heavy atom. The Bertz CT molecular complexity index is 454. The molecule has 1 rings (SSSR count). The van der Waals surface area contributed by atoms with Crippen LogP contribution in [0, 0.1) is 5.41 Å². The summed E-state index contributed by atoms with van der Waals surface area (Å²) in [6.07, 6.45) is -3.78. The summed E-state index contributed by atoms with van der Waals surface area (Å²) >= 11 is 3.06. The molecular formula is C10H9BrF4N2O. The maximum Gasteiger partial charge on any atom is 0.340 e. The summed E-state index contributed by atoms with van der Waals surface area (Å²) in [5, 5.41) is 7.19. The molecule has 0 heterocycles. The molecule has 0 aliphatic carbocycles. The number of ether oxygens (including phenoxy) is 1. The van der Waals surface area contributed by atoms with Gasteiger partial charge in [0, 0.05) is 10.0 Å². The van der Waals surface area contributed by atoms with Crippen molar-refractivity contribution in [2.24, 2.45) is 5.73 Å². The van der Waals surface area contributed by atoms with Crippen molar-refractivity contribution in [1.82, 2.24) is 0 Å². The van der Waals surface area contributed by atoms with E-state index in [9.17, 15) is 17.6 Å². The van der Waals surface area contributed by atoms with Gasteiger partial charge in [-0.2, -0.15) is 8.78 Å². The predicted octanol–water partition coefficient (Wildman–Crippen LogP) is 3.01. The molecule has 1 aromatic carbocycles. The molecule has 18 heavy (non-hydrogen) atoms. The van der Waals surface area contributed by atoms with Gasteiger partial charge in [-0.3, -0.25) is 5.41 Å². The fraction of sp³-hybridized carbons (Fsp3) is 0.300. The molecule has 0 amide bonds. The molecule has 0 aliphatic heterocycles. The van der Waals surface area contributed by atoms with Crippen LogP contribution in [0.15, 0.2) is 22.7 Å². The van der Waals surface area contributed by atoms with Gasteiger partial charge in [-0.1, -0.05) is 0 Å². The number of rotatable bonds is 5. The number of hydrogen-bond donors (Lipinski definition) is 2. The highest BCUT2D eigenvalue weighted by Gasteiger charge is 2.41. The van der Waals surface area contributed by atoms with Crippen molar-refractivity contribution in [2.45, 2.75) is 12.3 Å². The largest absolute Gasteiger partial charge is 0.487 e. The van der Waals surface area contributed by atoms with Crippen LogP contribution in [0.25, 0.3) is 0 Å². The third-order valence-corrected chi connectivity index (χ3v) is 2.64. The second kappa shape index (κ2) is 5.55. The van der Waals surface area contributed by atoms with Gasteiger partial charge >= 0.3 is 12.3 Å². The first-order valence-corrected chi connectivity index (χ1v) is 5.46. The third-order valence-electron chi connectivity index (χ3n) is 1.98. The molecule has 3 nitrogen and oxygen atoms in total. The minimum atomic E-state index is -4.20. The summed E-state index contributed by atoms with van der Waals surface area (Å²) < 4.78 is 53.9. The maximum absolute atomic E-state index is 12.6. The fourth-order valence-electron chi connectivity index (χ4n) is 1.05. The monoisotopic (exact) mass is 328 g/mol. The van der Waals surface area contributed by atoms with Crippen LogP contribution in [0.5, 0.6) is 5.75 Å². The zero-order valence-electron chi connectivity index (χ0n) is 8.89. The summed E-state index contributed by atoms with van der Waals surface area (Å²) in [5.41, 5.74) is 5.59. The Morgan fingerprint density at radius 2 is 2.06 bits per heavy atom.